The number of piperazine rings is 1. The summed E-state index contributed by atoms with van der Waals surface area (Å²) in [6, 6.07) is 2.12. The quantitative estimate of drug-likeness (QED) is 0.842. The van der Waals surface area contributed by atoms with Gasteiger partial charge in [-0.15, -0.1) is 0 Å². The molecular weight excluding hydrogens is 234 g/mol. The molecule has 2 rings (SSSR count). The Bertz CT molecular complexity index is 280. The van der Waals surface area contributed by atoms with Crippen molar-refractivity contribution in [3.63, 3.8) is 0 Å². The second-order valence-electron chi connectivity index (χ2n) is 7.30. The molecule has 1 saturated heterocycles. The first-order chi connectivity index (χ1) is 8.95. The number of hydrogen-bond acceptors (Lipinski definition) is 3. The average Bonchev–Trinajstić information content (AvgIpc) is 2.66. The first-order valence-electron chi connectivity index (χ1n) is 8.17. The molecule has 0 aromatic carbocycles. The van der Waals surface area contributed by atoms with E-state index < -0.39 is 0 Å². The van der Waals surface area contributed by atoms with Crippen LogP contribution in [0.5, 0.6) is 0 Å². The molecule has 112 valence electrons. The molecule has 1 N–H and O–H groups in total. The lowest BCUT2D eigenvalue weighted by molar-refractivity contribution is 0.0628. The Morgan fingerprint density at radius 1 is 1.16 bits per heavy atom. The highest BCUT2D eigenvalue weighted by atomic mass is 15.3. The van der Waals surface area contributed by atoms with Crippen molar-refractivity contribution in [3.05, 3.63) is 0 Å². The van der Waals surface area contributed by atoms with Gasteiger partial charge in [0.2, 0.25) is 0 Å². The van der Waals surface area contributed by atoms with Crippen LogP contribution in [-0.2, 0) is 0 Å². The van der Waals surface area contributed by atoms with Crippen molar-refractivity contribution in [1.29, 1.82) is 0 Å². The molecule has 0 aromatic heterocycles. The van der Waals surface area contributed by atoms with Crippen LogP contribution in [0.15, 0.2) is 0 Å². The van der Waals surface area contributed by atoms with Crippen molar-refractivity contribution in [3.8, 4) is 0 Å². The lowest BCUT2D eigenvalue weighted by Crippen LogP contribution is -2.57. The molecule has 0 spiro atoms. The molecule has 1 aliphatic heterocycles. The molecule has 2 atom stereocenters. The first-order valence-corrected chi connectivity index (χ1v) is 8.17. The van der Waals surface area contributed by atoms with E-state index in [1.54, 1.807) is 0 Å². The van der Waals surface area contributed by atoms with Gasteiger partial charge in [0.15, 0.2) is 0 Å². The van der Waals surface area contributed by atoms with Crippen LogP contribution in [0.4, 0.5) is 0 Å². The zero-order valence-electron chi connectivity index (χ0n) is 13.6. The summed E-state index contributed by atoms with van der Waals surface area (Å²) in [4.78, 5) is 5.36. The summed E-state index contributed by atoms with van der Waals surface area (Å²) >= 11 is 0. The summed E-state index contributed by atoms with van der Waals surface area (Å²) < 4.78 is 0. The molecule has 2 fully saturated rings. The van der Waals surface area contributed by atoms with Gasteiger partial charge in [-0.3, -0.25) is 9.80 Å². The van der Waals surface area contributed by atoms with Crippen LogP contribution in [0, 0.1) is 5.41 Å². The normalized spacial score (nSPS) is 33.2. The lowest BCUT2D eigenvalue weighted by atomic mass is 9.86. The highest BCUT2D eigenvalue weighted by Gasteiger charge is 2.44. The van der Waals surface area contributed by atoms with Crippen molar-refractivity contribution in [2.45, 2.75) is 65.6 Å². The minimum absolute atomic E-state index is 0.454. The van der Waals surface area contributed by atoms with Crippen LogP contribution in [0.3, 0.4) is 0 Å². The number of hydrogen-bond donors (Lipinski definition) is 1. The SMILES string of the molecule is CCNC1C(N2CCN(C(C)C)CC2)CCC1(C)C. The molecule has 3 nitrogen and oxygen atoms in total. The van der Waals surface area contributed by atoms with Crippen molar-refractivity contribution < 1.29 is 0 Å². The van der Waals surface area contributed by atoms with Gasteiger partial charge in [-0.2, -0.15) is 0 Å². The van der Waals surface area contributed by atoms with Gasteiger partial charge in [0.25, 0.3) is 0 Å². The summed E-state index contributed by atoms with van der Waals surface area (Å²) in [5.41, 5.74) is 0.454. The van der Waals surface area contributed by atoms with Gasteiger partial charge in [0, 0.05) is 44.3 Å². The van der Waals surface area contributed by atoms with Crippen molar-refractivity contribution in [2.75, 3.05) is 32.7 Å². The third-order valence-corrected chi connectivity index (χ3v) is 5.28. The molecule has 1 aliphatic carbocycles. The van der Waals surface area contributed by atoms with Gasteiger partial charge in [-0.25, -0.2) is 0 Å². The maximum atomic E-state index is 3.76. The Kier molecular flexibility index (Phi) is 4.91. The van der Waals surface area contributed by atoms with Crippen LogP contribution >= 0.6 is 0 Å². The fraction of sp³-hybridized carbons (Fsp3) is 1.00. The highest BCUT2D eigenvalue weighted by molar-refractivity contribution is 5.01. The molecule has 0 radical (unpaired) electrons. The van der Waals surface area contributed by atoms with E-state index in [9.17, 15) is 0 Å². The molecule has 2 unspecified atom stereocenters. The van der Waals surface area contributed by atoms with Gasteiger partial charge >= 0.3 is 0 Å². The van der Waals surface area contributed by atoms with Gasteiger partial charge in [0.05, 0.1) is 0 Å². The maximum Gasteiger partial charge on any atom is 0.0274 e. The molecule has 1 heterocycles. The molecule has 0 amide bonds. The standard InChI is InChI=1S/C16H33N3/c1-6-17-15-14(7-8-16(15,4)5)19-11-9-18(10-12-19)13(2)3/h13-15,17H,6-12H2,1-5H3. The average molecular weight is 267 g/mol. The highest BCUT2D eigenvalue weighted by Crippen LogP contribution is 2.40. The number of rotatable bonds is 4. The van der Waals surface area contributed by atoms with E-state index in [4.69, 9.17) is 0 Å². The Hall–Kier alpha value is -0.120. The van der Waals surface area contributed by atoms with E-state index in [2.05, 4.69) is 49.7 Å². The molecule has 0 bridgehead atoms. The predicted molar refractivity (Wildman–Crippen MR) is 82.5 cm³/mol. The molecule has 2 aliphatic rings. The molecule has 0 aromatic rings. The topological polar surface area (TPSA) is 18.5 Å². The fourth-order valence-electron chi connectivity index (χ4n) is 3.97. The monoisotopic (exact) mass is 267 g/mol. The van der Waals surface area contributed by atoms with Gasteiger partial charge in [-0.05, 0) is 38.6 Å². The van der Waals surface area contributed by atoms with Crippen LogP contribution < -0.4 is 5.32 Å². The summed E-state index contributed by atoms with van der Waals surface area (Å²) in [6.07, 6.45) is 2.73. The summed E-state index contributed by atoms with van der Waals surface area (Å²) in [6.45, 7) is 17.8. The maximum absolute atomic E-state index is 3.76. The number of nitrogens with one attached hydrogen (secondary N) is 1. The van der Waals surface area contributed by atoms with E-state index >= 15 is 0 Å². The molecule has 3 heteroatoms. The third-order valence-electron chi connectivity index (χ3n) is 5.28. The van der Waals surface area contributed by atoms with Crippen molar-refractivity contribution in [2.24, 2.45) is 5.41 Å². The van der Waals surface area contributed by atoms with E-state index in [1.165, 1.54) is 39.0 Å². The minimum atomic E-state index is 0.454. The van der Waals surface area contributed by atoms with Crippen molar-refractivity contribution in [1.82, 2.24) is 15.1 Å². The molecule has 1 saturated carbocycles. The zero-order valence-corrected chi connectivity index (χ0v) is 13.6. The summed E-state index contributed by atoms with van der Waals surface area (Å²) in [7, 11) is 0. The Labute approximate surface area is 119 Å². The summed E-state index contributed by atoms with van der Waals surface area (Å²) in [5.74, 6) is 0. The predicted octanol–water partition coefficient (Wildman–Crippen LogP) is 2.18. The fourth-order valence-corrected chi connectivity index (χ4v) is 3.97. The number of nitrogens with zero attached hydrogens (tertiary/aromatic N) is 2. The second-order valence-corrected chi connectivity index (χ2v) is 7.30. The van der Waals surface area contributed by atoms with Crippen LogP contribution in [0.2, 0.25) is 0 Å². The van der Waals surface area contributed by atoms with E-state index in [0.717, 1.165) is 12.6 Å². The molecule has 19 heavy (non-hydrogen) atoms. The summed E-state index contributed by atoms with van der Waals surface area (Å²) in [5, 5.41) is 3.76. The van der Waals surface area contributed by atoms with Crippen LogP contribution in [-0.4, -0.2) is 60.6 Å². The van der Waals surface area contributed by atoms with E-state index in [-0.39, 0.29) is 0 Å². The number of likely N-dealkylation sites (N-methyl/N-ethyl adjacent to an activating group) is 1. The van der Waals surface area contributed by atoms with Gasteiger partial charge < -0.3 is 5.32 Å². The minimum Gasteiger partial charge on any atom is -0.312 e. The Balaban J connectivity index is 1.95. The zero-order chi connectivity index (χ0) is 14.0. The van der Waals surface area contributed by atoms with Crippen molar-refractivity contribution >= 4 is 0 Å². The first kappa shape index (κ1) is 15.3. The lowest BCUT2D eigenvalue weighted by Gasteiger charge is -2.43. The van der Waals surface area contributed by atoms with Gasteiger partial charge in [0.1, 0.15) is 0 Å². The Morgan fingerprint density at radius 2 is 1.79 bits per heavy atom. The van der Waals surface area contributed by atoms with Crippen LogP contribution in [0.25, 0.3) is 0 Å². The third kappa shape index (κ3) is 3.32. The molecular formula is C16H33N3. The van der Waals surface area contributed by atoms with E-state index in [1.807, 2.05) is 0 Å². The van der Waals surface area contributed by atoms with Gasteiger partial charge in [-0.1, -0.05) is 20.8 Å². The van der Waals surface area contributed by atoms with Crippen LogP contribution in [0.1, 0.15) is 47.5 Å². The smallest absolute Gasteiger partial charge is 0.0274 e. The second kappa shape index (κ2) is 6.11. The van der Waals surface area contributed by atoms with E-state index in [0.29, 0.717) is 17.5 Å². The Morgan fingerprint density at radius 3 is 2.32 bits per heavy atom. The largest absolute Gasteiger partial charge is 0.312 e.